The zero-order valence-electron chi connectivity index (χ0n) is 11.0. The molecular formula is C12H22N4O2. The molecule has 0 aliphatic carbocycles. The van der Waals surface area contributed by atoms with E-state index in [0.717, 1.165) is 6.42 Å². The van der Waals surface area contributed by atoms with Gasteiger partial charge in [-0.15, -0.1) is 0 Å². The van der Waals surface area contributed by atoms with E-state index in [-0.39, 0.29) is 11.7 Å². The van der Waals surface area contributed by atoms with Crippen LogP contribution in [0, 0.1) is 0 Å². The van der Waals surface area contributed by atoms with Gasteiger partial charge in [-0.2, -0.15) is 0 Å². The van der Waals surface area contributed by atoms with E-state index in [2.05, 4.69) is 15.6 Å². The first-order valence-corrected chi connectivity index (χ1v) is 6.33. The van der Waals surface area contributed by atoms with E-state index >= 15 is 0 Å². The fourth-order valence-electron chi connectivity index (χ4n) is 1.57. The number of nitrogens with zero attached hydrogens (tertiary/aromatic N) is 2. The minimum Gasteiger partial charge on any atom is -0.392 e. The second-order valence-electron chi connectivity index (χ2n) is 4.25. The van der Waals surface area contributed by atoms with E-state index in [9.17, 15) is 4.79 Å². The van der Waals surface area contributed by atoms with E-state index in [1.54, 1.807) is 23.9 Å². The van der Waals surface area contributed by atoms with Crippen molar-refractivity contribution in [2.75, 3.05) is 25.0 Å². The van der Waals surface area contributed by atoms with Crippen molar-refractivity contribution in [2.24, 2.45) is 0 Å². The number of nitrogens with one attached hydrogen (secondary N) is 2. The molecule has 0 fully saturated rings. The first-order valence-electron chi connectivity index (χ1n) is 6.33. The van der Waals surface area contributed by atoms with E-state index in [1.165, 1.54) is 0 Å². The average molecular weight is 254 g/mol. The molecular weight excluding hydrogens is 232 g/mol. The molecule has 0 saturated carbocycles. The molecule has 0 bridgehead atoms. The largest absolute Gasteiger partial charge is 0.392 e. The number of aliphatic hydroxyl groups excluding tert-OH is 1. The fourth-order valence-corrected chi connectivity index (χ4v) is 1.57. The number of aromatic nitrogens is 2. The standard InChI is InChI=1S/C12H22N4O2/c1-3-7-16-8-6-15-11(12(16)18)14-5-4-13-9-10(2)17/h6,8,10,13,17H,3-5,7,9H2,1-2H3,(H,14,15). The molecule has 3 N–H and O–H groups in total. The molecule has 6 heteroatoms. The highest BCUT2D eigenvalue weighted by molar-refractivity contribution is 5.30. The minimum atomic E-state index is -0.360. The molecule has 0 saturated heterocycles. The van der Waals surface area contributed by atoms with Crippen molar-refractivity contribution < 1.29 is 5.11 Å². The summed E-state index contributed by atoms with van der Waals surface area (Å²) < 4.78 is 1.65. The van der Waals surface area contributed by atoms with Crippen LogP contribution in [0.15, 0.2) is 17.2 Å². The lowest BCUT2D eigenvalue weighted by molar-refractivity contribution is 0.192. The van der Waals surface area contributed by atoms with Gasteiger partial charge in [0.1, 0.15) is 0 Å². The van der Waals surface area contributed by atoms with Crippen LogP contribution in [0.5, 0.6) is 0 Å². The fraction of sp³-hybridized carbons (Fsp3) is 0.667. The predicted molar refractivity (Wildman–Crippen MR) is 71.8 cm³/mol. The molecule has 1 aromatic heterocycles. The first-order chi connectivity index (χ1) is 8.65. The third-order valence-electron chi connectivity index (χ3n) is 2.41. The van der Waals surface area contributed by atoms with Crippen molar-refractivity contribution in [3.05, 3.63) is 22.7 Å². The van der Waals surface area contributed by atoms with E-state index in [0.29, 0.717) is 32.0 Å². The second kappa shape index (κ2) is 7.84. The Kier molecular flexibility index (Phi) is 6.38. The number of hydrogen-bond donors (Lipinski definition) is 3. The van der Waals surface area contributed by atoms with Gasteiger partial charge in [-0.25, -0.2) is 4.98 Å². The van der Waals surface area contributed by atoms with Gasteiger partial charge in [-0.3, -0.25) is 4.79 Å². The van der Waals surface area contributed by atoms with Gasteiger partial charge in [0.15, 0.2) is 5.82 Å². The van der Waals surface area contributed by atoms with Crippen molar-refractivity contribution in [1.29, 1.82) is 0 Å². The monoisotopic (exact) mass is 254 g/mol. The topological polar surface area (TPSA) is 79.2 Å². The molecule has 0 amide bonds. The Morgan fingerprint density at radius 3 is 2.94 bits per heavy atom. The summed E-state index contributed by atoms with van der Waals surface area (Å²) in [5.41, 5.74) is -0.0881. The maximum Gasteiger partial charge on any atom is 0.293 e. The summed E-state index contributed by atoms with van der Waals surface area (Å²) >= 11 is 0. The normalized spacial score (nSPS) is 12.4. The highest BCUT2D eigenvalue weighted by Gasteiger charge is 2.03. The van der Waals surface area contributed by atoms with Crippen molar-refractivity contribution in [2.45, 2.75) is 32.9 Å². The van der Waals surface area contributed by atoms with Crippen molar-refractivity contribution in [3.8, 4) is 0 Å². The zero-order chi connectivity index (χ0) is 13.4. The lowest BCUT2D eigenvalue weighted by atomic mass is 10.4. The van der Waals surface area contributed by atoms with Gasteiger partial charge in [-0.05, 0) is 13.3 Å². The van der Waals surface area contributed by atoms with Gasteiger partial charge in [-0.1, -0.05) is 6.92 Å². The number of hydrogen-bond acceptors (Lipinski definition) is 5. The molecule has 1 unspecified atom stereocenters. The summed E-state index contributed by atoms with van der Waals surface area (Å²) in [6.45, 7) is 6.28. The Balaban J connectivity index is 2.42. The van der Waals surface area contributed by atoms with Crippen LogP contribution in [-0.2, 0) is 6.54 Å². The Hall–Kier alpha value is -1.40. The number of rotatable bonds is 8. The van der Waals surface area contributed by atoms with Crippen molar-refractivity contribution in [3.63, 3.8) is 0 Å². The van der Waals surface area contributed by atoms with Gasteiger partial charge in [0, 0.05) is 38.6 Å². The summed E-state index contributed by atoms with van der Waals surface area (Å²) in [4.78, 5) is 15.9. The predicted octanol–water partition coefficient (Wildman–Crippen LogP) is 0.0356. The van der Waals surface area contributed by atoms with Crippen LogP contribution in [0.2, 0.25) is 0 Å². The summed E-state index contributed by atoms with van der Waals surface area (Å²) in [6, 6.07) is 0. The zero-order valence-corrected chi connectivity index (χ0v) is 11.0. The average Bonchev–Trinajstić information content (AvgIpc) is 2.33. The van der Waals surface area contributed by atoms with Crippen LogP contribution in [0.1, 0.15) is 20.3 Å². The number of aliphatic hydroxyl groups is 1. The van der Waals surface area contributed by atoms with E-state index in [4.69, 9.17) is 5.11 Å². The molecule has 1 aromatic rings. The minimum absolute atomic E-state index is 0.0881. The molecule has 1 rings (SSSR count). The third-order valence-corrected chi connectivity index (χ3v) is 2.41. The molecule has 0 aromatic carbocycles. The molecule has 18 heavy (non-hydrogen) atoms. The summed E-state index contributed by atoms with van der Waals surface area (Å²) in [5.74, 6) is 0.379. The highest BCUT2D eigenvalue weighted by Crippen LogP contribution is 1.93. The van der Waals surface area contributed by atoms with Gasteiger partial charge in [0.05, 0.1) is 6.10 Å². The lowest BCUT2D eigenvalue weighted by Crippen LogP contribution is -2.31. The second-order valence-corrected chi connectivity index (χ2v) is 4.25. The molecule has 0 aliphatic heterocycles. The van der Waals surface area contributed by atoms with E-state index < -0.39 is 0 Å². The molecule has 6 nitrogen and oxygen atoms in total. The molecule has 0 spiro atoms. The molecule has 102 valence electrons. The van der Waals surface area contributed by atoms with Crippen LogP contribution in [0.3, 0.4) is 0 Å². The summed E-state index contributed by atoms with van der Waals surface area (Å²) in [5, 5.41) is 15.1. The van der Waals surface area contributed by atoms with Crippen LogP contribution < -0.4 is 16.2 Å². The van der Waals surface area contributed by atoms with Crippen LogP contribution >= 0.6 is 0 Å². The first kappa shape index (κ1) is 14.7. The van der Waals surface area contributed by atoms with E-state index in [1.807, 2.05) is 6.92 Å². The molecule has 1 heterocycles. The Morgan fingerprint density at radius 1 is 1.50 bits per heavy atom. The Bertz CT molecular complexity index is 403. The van der Waals surface area contributed by atoms with Crippen LogP contribution in [0.4, 0.5) is 5.82 Å². The number of aryl methyl sites for hydroxylation is 1. The quantitative estimate of drug-likeness (QED) is 0.571. The highest BCUT2D eigenvalue weighted by atomic mass is 16.3. The molecule has 0 aliphatic rings. The summed E-state index contributed by atoms with van der Waals surface area (Å²) in [7, 11) is 0. The van der Waals surface area contributed by atoms with Crippen LogP contribution in [0.25, 0.3) is 0 Å². The smallest absolute Gasteiger partial charge is 0.293 e. The van der Waals surface area contributed by atoms with Gasteiger partial charge in [0.2, 0.25) is 0 Å². The van der Waals surface area contributed by atoms with Crippen molar-refractivity contribution in [1.82, 2.24) is 14.9 Å². The van der Waals surface area contributed by atoms with Crippen LogP contribution in [-0.4, -0.2) is 40.4 Å². The molecule has 1 atom stereocenters. The lowest BCUT2D eigenvalue weighted by Gasteiger charge is -2.09. The van der Waals surface area contributed by atoms with Gasteiger partial charge in [0.25, 0.3) is 5.56 Å². The maximum absolute atomic E-state index is 11.9. The summed E-state index contributed by atoms with van der Waals surface area (Å²) in [6.07, 6.45) is 3.88. The Morgan fingerprint density at radius 2 is 2.28 bits per heavy atom. The third kappa shape index (κ3) is 4.85. The Labute approximate surface area is 107 Å². The molecule has 0 radical (unpaired) electrons. The SMILES string of the molecule is CCCn1ccnc(NCCNCC(C)O)c1=O. The number of anilines is 1. The maximum atomic E-state index is 11.9. The van der Waals surface area contributed by atoms with Gasteiger partial charge < -0.3 is 20.3 Å². The van der Waals surface area contributed by atoms with Crippen molar-refractivity contribution >= 4 is 5.82 Å². The van der Waals surface area contributed by atoms with Gasteiger partial charge >= 0.3 is 0 Å².